The quantitative estimate of drug-likeness (QED) is 0.684. The van der Waals surface area contributed by atoms with E-state index in [1.165, 1.54) is 5.56 Å². The second kappa shape index (κ2) is 3.40. The normalized spacial score (nSPS) is 23.3. The average Bonchev–Trinajstić information content (AvgIpc) is 2.65. The molecule has 64 valence electrons. The highest BCUT2D eigenvalue weighted by atomic mass is 32.1. The summed E-state index contributed by atoms with van der Waals surface area (Å²) in [6.07, 6.45) is 4.00. The number of rotatable bonds is 2. The van der Waals surface area contributed by atoms with Gasteiger partial charge >= 0.3 is 0 Å². The molecule has 1 aliphatic carbocycles. The molecule has 0 saturated heterocycles. The summed E-state index contributed by atoms with van der Waals surface area (Å²) >= 11 is 1.71. The molecule has 1 saturated carbocycles. The monoisotopic (exact) mass is 180 g/mol. The summed E-state index contributed by atoms with van der Waals surface area (Å²) in [6, 6.07) is 2.12. The predicted molar refractivity (Wildman–Crippen MR) is 50.4 cm³/mol. The number of carbonyl (C=O) groups is 1. The van der Waals surface area contributed by atoms with Gasteiger partial charge in [0.1, 0.15) is 5.78 Å². The van der Waals surface area contributed by atoms with Crippen LogP contribution in [-0.2, 0) is 11.2 Å². The lowest BCUT2D eigenvalue weighted by Gasteiger charge is -2.04. The molecule has 1 aromatic rings. The fraction of sp³-hybridized carbons (Fsp3) is 0.500. The Morgan fingerprint density at radius 3 is 3.08 bits per heavy atom. The van der Waals surface area contributed by atoms with Crippen molar-refractivity contribution in [3.63, 3.8) is 0 Å². The lowest BCUT2D eigenvalue weighted by atomic mass is 9.99. The van der Waals surface area contributed by atoms with E-state index in [0.717, 1.165) is 25.7 Å². The predicted octanol–water partition coefficient (Wildman–Crippen LogP) is 2.66. The zero-order valence-corrected chi connectivity index (χ0v) is 7.77. The third kappa shape index (κ3) is 1.58. The maximum Gasteiger partial charge on any atom is 0.136 e. The van der Waals surface area contributed by atoms with Crippen molar-refractivity contribution < 1.29 is 4.79 Å². The first-order valence-corrected chi connectivity index (χ1v) is 5.34. The fourth-order valence-corrected chi connectivity index (χ4v) is 2.48. The van der Waals surface area contributed by atoms with E-state index < -0.39 is 0 Å². The molecule has 0 radical (unpaired) electrons. The Labute approximate surface area is 76.4 Å². The van der Waals surface area contributed by atoms with E-state index in [0.29, 0.717) is 11.7 Å². The van der Waals surface area contributed by atoms with Crippen LogP contribution in [0.3, 0.4) is 0 Å². The van der Waals surface area contributed by atoms with Crippen molar-refractivity contribution in [2.75, 3.05) is 0 Å². The number of hydrogen-bond donors (Lipinski definition) is 0. The molecule has 1 fully saturated rings. The summed E-state index contributed by atoms with van der Waals surface area (Å²) in [5.74, 6) is 0.806. The first-order chi connectivity index (χ1) is 5.86. The second-order valence-electron chi connectivity index (χ2n) is 3.39. The molecule has 12 heavy (non-hydrogen) atoms. The first kappa shape index (κ1) is 7.99. The summed E-state index contributed by atoms with van der Waals surface area (Å²) in [6.45, 7) is 0. The van der Waals surface area contributed by atoms with Crippen molar-refractivity contribution in [3.8, 4) is 0 Å². The van der Waals surface area contributed by atoms with Crippen molar-refractivity contribution in [2.24, 2.45) is 5.92 Å². The van der Waals surface area contributed by atoms with E-state index in [4.69, 9.17) is 0 Å². The summed E-state index contributed by atoms with van der Waals surface area (Å²) in [5, 5.41) is 4.22. The third-order valence-electron chi connectivity index (χ3n) is 2.49. The van der Waals surface area contributed by atoms with Crippen molar-refractivity contribution in [3.05, 3.63) is 22.4 Å². The van der Waals surface area contributed by atoms with Gasteiger partial charge in [0, 0.05) is 12.3 Å². The highest BCUT2D eigenvalue weighted by Gasteiger charge is 2.24. The van der Waals surface area contributed by atoms with E-state index in [-0.39, 0.29) is 0 Å². The molecule has 1 nitrogen and oxygen atoms in total. The Morgan fingerprint density at radius 2 is 2.50 bits per heavy atom. The number of Topliss-reactive ketones (excluding diaryl/α,β-unsaturated/α-hetero) is 1. The largest absolute Gasteiger partial charge is 0.299 e. The molecule has 0 aromatic carbocycles. The van der Waals surface area contributed by atoms with Gasteiger partial charge in [0.2, 0.25) is 0 Å². The molecule has 0 N–H and O–H groups in total. The van der Waals surface area contributed by atoms with Gasteiger partial charge in [0.05, 0.1) is 0 Å². The smallest absolute Gasteiger partial charge is 0.136 e. The maximum atomic E-state index is 11.3. The average molecular weight is 180 g/mol. The van der Waals surface area contributed by atoms with Crippen molar-refractivity contribution in [1.29, 1.82) is 0 Å². The van der Waals surface area contributed by atoms with E-state index >= 15 is 0 Å². The molecule has 1 aliphatic rings. The SMILES string of the molecule is O=C1CCCC1Cc1ccsc1. The molecule has 1 aromatic heterocycles. The van der Waals surface area contributed by atoms with Crippen LogP contribution in [-0.4, -0.2) is 5.78 Å². The molecule has 1 heterocycles. The van der Waals surface area contributed by atoms with Crippen molar-refractivity contribution >= 4 is 17.1 Å². The van der Waals surface area contributed by atoms with Gasteiger partial charge in [-0.05, 0) is 41.7 Å². The molecular weight excluding hydrogens is 168 g/mol. The van der Waals surface area contributed by atoms with Gasteiger partial charge in [-0.25, -0.2) is 0 Å². The minimum absolute atomic E-state index is 0.333. The van der Waals surface area contributed by atoms with Gasteiger partial charge < -0.3 is 0 Å². The maximum absolute atomic E-state index is 11.3. The third-order valence-corrected chi connectivity index (χ3v) is 3.23. The Bertz CT molecular complexity index is 263. The van der Waals surface area contributed by atoms with Crippen LogP contribution in [0, 0.1) is 5.92 Å². The molecule has 0 spiro atoms. The van der Waals surface area contributed by atoms with Gasteiger partial charge in [-0.15, -0.1) is 0 Å². The summed E-state index contributed by atoms with van der Waals surface area (Å²) in [5.41, 5.74) is 1.33. The molecule has 0 aliphatic heterocycles. The van der Waals surface area contributed by atoms with Gasteiger partial charge in [-0.2, -0.15) is 11.3 Å². The highest BCUT2D eigenvalue weighted by molar-refractivity contribution is 7.07. The van der Waals surface area contributed by atoms with Gasteiger partial charge in [0.15, 0.2) is 0 Å². The van der Waals surface area contributed by atoms with Crippen LogP contribution < -0.4 is 0 Å². The first-order valence-electron chi connectivity index (χ1n) is 4.40. The Hall–Kier alpha value is -0.630. The molecule has 1 atom stereocenters. The lowest BCUT2D eigenvalue weighted by molar-refractivity contribution is -0.120. The van der Waals surface area contributed by atoms with Crippen LogP contribution in [0.15, 0.2) is 16.8 Å². The molecule has 1 unspecified atom stereocenters. The van der Waals surface area contributed by atoms with Crippen LogP contribution >= 0.6 is 11.3 Å². The zero-order chi connectivity index (χ0) is 8.39. The van der Waals surface area contributed by atoms with Crippen LogP contribution in [0.4, 0.5) is 0 Å². The highest BCUT2D eigenvalue weighted by Crippen LogP contribution is 2.25. The molecule has 2 rings (SSSR count). The van der Waals surface area contributed by atoms with E-state index in [9.17, 15) is 4.79 Å². The number of carbonyl (C=O) groups excluding carboxylic acids is 1. The molecule has 2 heteroatoms. The van der Waals surface area contributed by atoms with E-state index in [2.05, 4.69) is 16.8 Å². The number of ketones is 1. The lowest BCUT2D eigenvalue weighted by Crippen LogP contribution is -2.08. The number of thiophene rings is 1. The Balaban J connectivity index is 1.99. The Morgan fingerprint density at radius 1 is 1.58 bits per heavy atom. The van der Waals surface area contributed by atoms with Crippen molar-refractivity contribution in [1.82, 2.24) is 0 Å². The standard InChI is InChI=1S/C10H12OS/c11-10-3-1-2-9(10)6-8-4-5-12-7-8/h4-5,7,9H,1-3,6H2. The minimum Gasteiger partial charge on any atom is -0.299 e. The van der Waals surface area contributed by atoms with Gasteiger partial charge in [0.25, 0.3) is 0 Å². The van der Waals surface area contributed by atoms with Crippen LogP contribution in [0.2, 0.25) is 0 Å². The van der Waals surface area contributed by atoms with Crippen molar-refractivity contribution in [2.45, 2.75) is 25.7 Å². The Kier molecular flexibility index (Phi) is 2.26. The van der Waals surface area contributed by atoms with Crippen LogP contribution in [0.5, 0.6) is 0 Å². The van der Waals surface area contributed by atoms with E-state index in [1.54, 1.807) is 11.3 Å². The van der Waals surface area contributed by atoms with Crippen LogP contribution in [0.25, 0.3) is 0 Å². The summed E-state index contributed by atoms with van der Waals surface area (Å²) in [4.78, 5) is 11.3. The topological polar surface area (TPSA) is 17.1 Å². The summed E-state index contributed by atoms with van der Waals surface area (Å²) in [7, 11) is 0. The molecule has 0 amide bonds. The fourth-order valence-electron chi connectivity index (χ4n) is 1.80. The van der Waals surface area contributed by atoms with Crippen LogP contribution in [0.1, 0.15) is 24.8 Å². The number of hydrogen-bond acceptors (Lipinski definition) is 2. The second-order valence-corrected chi connectivity index (χ2v) is 4.17. The summed E-state index contributed by atoms with van der Waals surface area (Å²) < 4.78 is 0. The molecule has 0 bridgehead atoms. The molecular formula is C10H12OS. The zero-order valence-electron chi connectivity index (χ0n) is 6.95. The van der Waals surface area contributed by atoms with E-state index in [1.807, 2.05) is 0 Å². The van der Waals surface area contributed by atoms with Gasteiger partial charge in [-0.1, -0.05) is 0 Å². The van der Waals surface area contributed by atoms with Gasteiger partial charge in [-0.3, -0.25) is 4.79 Å². The minimum atomic E-state index is 0.333.